The molecule has 0 saturated heterocycles. The number of nitrogens with one attached hydrogen (secondary N) is 2. The van der Waals surface area contributed by atoms with E-state index in [0.29, 0.717) is 0 Å². The molecule has 0 bridgehead atoms. The Morgan fingerprint density at radius 1 is 1.12 bits per heavy atom. The van der Waals surface area contributed by atoms with Crippen LogP contribution in [0.5, 0.6) is 0 Å². The molecule has 0 radical (unpaired) electrons. The highest BCUT2D eigenvalue weighted by atomic mass is 16.5. The minimum atomic E-state index is -1.26. The van der Waals surface area contributed by atoms with Gasteiger partial charge in [0.15, 0.2) is 0 Å². The van der Waals surface area contributed by atoms with Crippen LogP contribution in [0.1, 0.15) is 19.4 Å². The number of rotatable bonds is 7. The maximum Gasteiger partial charge on any atom is 0.408 e. The number of alkyl carbamates (subject to hydrolysis) is 1. The van der Waals surface area contributed by atoms with Gasteiger partial charge >= 0.3 is 12.1 Å². The molecular weight excluding hydrogens is 316 g/mol. The molecule has 0 spiro atoms. The van der Waals surface area contributed by atoms with E-state index in [1.54, 1.807) is 24.3 Å². The van der Waals surface area contributed by atoms with Gasteiger partial charge in [0.25, 0.3) is 0 Å². The molecule has 2 amide bonds. The van der Waals surface area contributed by atoms with Gasteiger partial charge in [-0.2, -0.15) is 0 Å². The van der Waals surface area contributed by atoms with Crippen molar-refractivity contribution in [3.05, 3.63) is 35.9 Å². The average Bonchev–Trinajstić information content (AvgIpc) is 2.57. The molecule has 0 aliphatic carbocycles. The van der Waals surface area contributed by atoms with Gasteiger partial charge in [-0.3, -0.25) is 4.79 Å². The summed E-state index contributed by atoms with van der Waals surface area (Å²) in [4.78, 5) is 35.2. The van der Waals surface area contributed by atoms with Gasteiger partial charge in [0.1, 0.15) is 18.7 Å². The minimum Gasteiger partial charge on any atom is -0.467 e. The molecule has 1 aromatic rings. The molecule has 1 aromatic carbocycles. The fourth-order valence-electron chi connectivity index (χ4n) is 1.84. The molecular formula is C16H22N2O6. The van der Waals surface area contributed by atoms with Crippen LogP contribution < -0.4 is 10.6 Å². The van der Waals surface area contributed by atoms with Crippen LogP contribution in [-0.2, 0) is 25.7 Å². The highest BCUT2D eigenvalue weighted by Crippen LogP contribution is 2.02. The lowest BCUT2D eigenvalue weighted by Gasteiger charge is -2.22. The first-order valence-electron chi connectivity index (χ1n) is 7.38. The first kappa shape index (κ1) is 19.4. The molecule has 0 aliphatic heterocycles. The summed E-state index contributed by atoms with van der Waals surface area (Å²) in [6.07, 6.45) is -2.04. The van der Waals surface area contributed by atoms with Gasteiger partial charge < -0.3 is 25.2 Å². The molecule has 0 aliphatic rings. The number of ether oxygens (including phenoxy) is 2. The molecule has 0 fully saturated rings. The summed E-state index contributed by atoms with van der Waals surface area (Å²) >= 11 is 0. The smallest absolute Gasteiger partial charge is 0.408 e. The van der Waals surface area contributed by atoms with Crippen LogP contribution in [0.3, 0.4) is 0 Å². The quantitative estimate of drug-likeness (QED) is 0.618. The fraction of sp³-hybridized carbons (Fsp3) is 0.438. The van der Waals surface area contributed by atoms with Crippen molar-refractivity contribution < 1.29 is 29.0 Å². The number of aliphatic hydroxyl groups is 1. The van der Waals surface area contributed by atoms with Gasteiger partial charge in [0.05, 0.1) is 13.2 Å². The summed E-state index contributed by atoms with van der Waals surface area (Å²) in [5.74, 6) is -1.36. The lowest BCUT2D eigenvalue weighted by Crippen LogP contribution is -2.55. The third-order valence-corrected chi connectivity index (χ3v) is 3.16. The van der Waals surface area contributed by atoms with Crippen LogP contribution in [0.2, 0.25) is 0 Å². The van der Waals surface area contributed by atoms with Crippen molar-refractivity contribution in [3.63, 3.8) is 0 Å². The predicted octanol–water partition coefficient (Wildman–Crippen LogP) is 0.340. The zero-order valence-corrected chi connectivity index (χ0v) is 13.8. The zero-order chi connectivity index (χ0) is 18.1. The molecule has 3 N–H and O–H groups in total. The van der Waals surface area contributed by atoms with E-state index in [9.17, 15) is 19.5 Å². The van der Waals surface area contributed by atoms with E-state index >= 15 is 0 Å². The van der Waals surface area contributed by atoms with Crippen LogP contribution in [0.25, 0.3) is 0 Å². The van der Waals surface area contributed by atoms with E-state index in [2.05, 4.69) is 15.4 Å². The molecule has 3 atom stereocenters. The van der Waals surface area contributed by atoms with Gasteiger partial charge in [-0.05, 0) is 19.4 Å². The zero-order valence-electron chi connectivity index (χ0n) is 13.8. The van der Waals surface area contributed by atoms with Gasteiger partial charge in [-0.25, -0.2) is 9.59 Å². The number of carbonyl (C=O) groups is 3. The van der Waals surface area contributed by atoms with Crippen molar-refractivity contribution in [2.75, 3.05) is 7.11 Å². The normalized spacial score (nSPS) is 14.0. The lowest BCUT2D eigenvalue weighted by atomic mass is 10.1. The summed E-state index contributed by atoms with van der Waals surface area (Å²) in [5.41, 5.74) is 0.782. The van der Waals surface area contributed by atoms with Gasteiger partial charge in [0, 0.05) is 0 Å². The van der Waals surface area contributed by atoms with E-state index in [-0.39, 0.29) is 6.61 Å². The van der Waals surface area contributed by atoms with E-state index in [1.807, 2.05) is 6.07 Å². The molecule has 24 heavy (non-hydrogen) atoms. The largest absolute Gasteiger partial charge is 0.467 e. The number of hydrogen-bond acceptors (Lipinski definition) is 6. The summed E-state index contributed by atoms with van der Waals surface area (Å²) in [6.45, 7) is 2.79. The summed E-state index contributed by atoms with van der Waals surface area (Å²) in [5, 5.41) is 14.3. The first-order valence-corrected chi connectivity index (χ1v) is 7.38. The number of aliphatic hydroxyl groups excluding tert-OH is 1. The molecule has 0 heterocycles. The van der Waals surface area contributed by atoms with E-state index in [4.69, 9.17) is 4.74 Å². The Morgan fingerprint density at radius 2 is 1.75 bits per heavy atom. The molecule has 132 valence electrons. The second-order valence-corrected chi connectivity index (χ2v) is 5.18. The molecule has 0 aromatic heterocycles. The topological polar surface area (TPSA) is 114 Å². The number of hydrogen-bond donors (Lipinski definition) is 3. The predicted molar refractivity (Wildman–Crippen MR) is 84.9 cm³/mol. The Kier molecular flexibility index (Phi) is 7.70. The molecule has 3 unspecified atom stereocenters. The van der Waals surface area contributed by atoms with E-state index in [1.165, 1.54) is 21.0 Å². The van der Waals surface area contributed by atoms with Crippen LogP contribution >= 0.6 is 0 Å². The highest BCUT2D eigenvalue weighted by Gasteiger charge is 2.28. The minimum absolute atomic E-state index is 0.0272. The second-order valence-electron chi connectivity index (χ2n) is 5.18. The number of amides is 2. The number of benzene rings is 1. The van der Waals surface area contributed by atoms with Gasteiger partial charge in [-0.15, -0.1) is 0 Å². The van der Waals surface area contributed by atoms with Crippen LogP contribution in [0, 0.1) is 0 Å². The van der Waals surface area contributed by atoms with Crippen molar-refractivity contribution >= 4 is 18.0 Å². The van der Waals surface area contributed by atoms with Crippen LogP contribution in [-0.4, -0.2) is 48.4 Å². The Hall–Kier alpha value is -2.61. The standard InChI is InChI=1S/C16H22N2O6/c1-10(15(21)23-3)17-14(20)13(11(2)19)18-16(22)24-9-12-7-5-4-6-8-12/h4-8,10-11,13,19H,9H2,1-3H3,(H,17,20)(H,18,22). The Labute approximate surface area is 140 Å². The van der Waals surface area contributed by atoms with Crippen molar-refractivity contribution in [2.45, 2.75) is 38.6 Å². The van der Waals surface area contributed by atoms with Crippen LogP contribution in [0.15, 0.2) is 30.3 Å². The van der Waals surface area contributed by atoms with Crippen molar-refractivity contribution in [1.29, 1.82) is 0 Å². The average molecular weight is 338 g/mol. The number of carbonyl (C=O) groups excluding carboxylic acids is 3. The maximum absolute atomic E-state index is 12.1. The monoisotopic (exact) mass is 338 g/mol. The molecule has 8 nitrogen and oxygen atoms in total. The highest BCUT2D eigenvalue weighted by molar-refractivity contribution is 5.89. The molecule has 0 saturated carbocycles. The third-order valence-electron chi connectivity index (χ3n) is 3.16. The summed E-state index contributed by atoms with van der Waals surface area (Å²) in [7, 11) is 1.19. The number of methoxy groups -OCH3 is 1. The van der Waals surface area contributed by atoms with Gasteiger partial charge in [-0.1, -0.05) is 30.3 Å². The van der Waals surface area contributed by atoms with Crippen LogP contribution in [0.4, 0.5) is 4.79 Å². The van der Waals surface area contributed by atoms with Crippen molar-refractivity contribution in [1.82, 2.24) is 10.6 Å². The summed E-state index contributed by atoms with van der Waals surface area (Å²) in [6, 6.07) is 6.83. The number of esters is 1. The Bertz CT molecular complexity index is 561. The summed E-state index contributed by atoms with van der Waals surface area (Å²) < 4.78 is 9.49. The lowest BCUT2D eigenvalue weighted by molar-refractivity contribution is -0.145. The first-order chi connectivity index (χ1) is 11.3. The molecule has 8 heteroatoms. The Balaban J connectivity index is 2.56. The molecule has 1 rings (SSSR count). The van der Waals surface area contributed by atoms with E-state index < -0.39 is 36.2 Å². The SMILES string of the molecule is COC(=O)C(C)NC(=O)C(NC(=O)OCc1ccccc1)C(C)O. The van der Waals surface area contributed by atoms with Crippen molar-refractivity contribution in [3.8, 4) is 0 Å². The Morgan fingerprint density at radius 3 is 2.29 bits per heavy atom. The fourth-order valence-corrected chi connectivity index (χ4v) is 1.84. The van der Waals surface area contributed by atoms with E-state index in [0.717, 1.165) is 5.56 Å². The second kappa shape index (κ2) is 9.51. The third kappa shape index (κ3) is 6.25. The van der Waals surface area contributed by atoms with Gasteiger partial charge in [0.2, 0.25) is 5.91 Å². The van der Waals surface area contributed by atoms with Crippen molar-refractivity contribution in [2.24, 2.45) is 0 Å². The maximum atomic E-state index is 12.1.